The number of hydrogen-bond acceptors (Lipinski definition) is 4. The fourth-order valence-corrected chi connectivity index (χ4v) is 2.21. The van der Waals surface area contributed by atoms with Crippen LogP contribution in [0.5, 0.6) is 0 Å². The van der Waals surface area contributed by atoms with E-state index in [0.717, 1.165) is 39.3 Å². The maximum atomic E-state index is 11.5. The fourth-order valence-electron chi connectivity index (χ4n) is 2.21. The second-order valence-electron chi connectivity index (χ2n) is 5.19. The van der Waals surface area contributed by atoms with Crippen molar-refractivity contribution in [2.24, 2.45) is 0 Å². The molecule has 0 aromatic heterocycles. The van der Waals surface area contributed by atoms with Crippen LogP contribution in [0.3, 0.4) is 0 Å². The summed E-state index contributed by atoms with van der Waals surface area (Å²) in [6.07, 6.45) is 7.86. The first-order valence-electron chi connectivity index (χ1n) is 7.78. The molecule has 112 valence electrons. The number of carbonyl (C=O) groups excluding carboxylic acids is 1. The minimum atomic E-state index is -0.0555. The lowest BCUT2D eigenvalue weighted by atomic mass is 10.1. The van der Waals surface area contributed by atoms with Gasteiger partial charge in [-0.3, -0.25) is 9.69 Å². The number of ether oxygens (including phenoxy) is 2. The van der Waals surface area contributed by atoms with E-state index in [2.05, 4.69) is 11.8 Å². The van der Waals surface area contributed by atoms with E-state index in [9.17, 15) is 4.79 Å². The molecule has 1 fully saturated rings. The standard InChI is InChI=1S/C15H29NO3/c1-2-3-4-5-6-7-12-19-15(17)8-9-16-10-13-18-14-11-16/h2-14H2,1H3. The molecule has 1 aliphatic heterocycles. The smallest absolute Gasteiger partial charge is 0.307 e. The zero-order chi connectivity index (χ0) is 13.8. The van der Waals surface area contributed by atoms with Crippen molar-refractivity contribution >= 4 is 5.97 Å². The van der Waals surface area contributed by atoms with Crippen molar-refractivity contribution in [2.45, 2.75) is 51.9 Å². The Kier molecular flexibility index (Phi) is 9.72. The predicted molar refractivity (Wildman–Crippen MR) is 76.2 cm³/mol. The largest absolute Gasteiger partial charge is 0.466 e. The molecule has 0 atom stereocenters. The minimum Gasteiger partial charge on any atom is -0.466 e. The zero-order valence-corrected chi connectivity index (χ0v) is 12.4. The van der Waals surface area contributed by atoms with Crippen LogP contribution in [0.15, 0.2) is 0 Å². The zero-order valence-electron chi connectivity index (χ0n) is 12.4. The molecule has 1 aliphatic rings. The Morgan fingerprint density at radius 1 is 1.11 bits per heavy atom. The molecular weight excluding hydrogens is 242 g/mol. The Morgan fingerprint density at radius 3 is 2.53 bits per heavy atom. The molecular formula is C15H29NO3. The predicted octanol–water partition coefficient (Wildman–Crippen LogP) is 2.61. The number of esters is 1. The summed E-state index contributed by atoms with van der Waals surface area (Å²) in [5, 5.41) is 0. The first-order valence-corrected chi connectivity index (χ1v) is 7.78. The number of morpholine rings is 1. The summed E-state index contributed by atoms with van der Waals surface area (Å²) in [5.41, 5.74) is 0. The van der Waals surface area contributed by atoms with Crippen LogP contribution in [-0.4, -0.2) is 50.3 Å². The van der Waals surface area contributed by atoms with Gasteiger partial charge in [0.1, 0.15) is 0 Å². The molecule has 1 heterocycles. The van der Waals surface area contributed by atoms with E-state index in [-0.39, 0.29) is 5.97 Å². The van der Waals surface area contributed by atoms with E-state index in [1.54, 1.807) is 0 Å². The third kappa shape index (κ3) is 9.00. The summed E-state index contributed by atoms with van der Waals surface area (Å²) in [4.78, 5) is 13.8. The van der Waals surface area contributed by atoms with Gasteiger partial charge in [0.25, 0.3) is 0 Å². The number of rotatable bonds is 10. The highest BCUT2D eigenvalue weighted by Crippen LogP contribution is 2.05. The third-order valence-corrected chi connectivity index (χ3v) is 3.50. The molecule has 0 unspecified atom stereocenters. The molecule has 0 bridgehead atoms. The van der Waals surface area contributed by atoms with Gasteiger partial charge in [-0.15, -0.1) is 0 Å². The number of hydrogen-bond donors (Lipinski definition) is 0. The van der Waals surface area contributed by atoms with E-state index in [1.165, 1.54) is 32.1 Å². The average Bonchev–Trinajstić information content (AvgIpc) is 2.45. The molecule has 0 amide bonds. The number of unbranched alkanes of at least 4 members (excludes halogenated alkanes) is 5. The molecule has 19 heavy (non-hydrogen) atoms. The van der Waals surface area contributed by atoms with Crippen molar-refractivity contribution in [3.8, 4) is 0 Å². The van der Waals surface area contributed by atoms with Crippen LogP contribution in [0.4, 0.5) is 0 Å². The van der Waals surface area contributed by atoms with Gasteiger partial charge in [0.15, 0.2) is 0 Å². The second-order valence-corrected chi connectivity index (χ2v) is 5.19. The highest BCUT2D eigenvalue weighted by Gasteiger charge is 2.12. The van der Waals surface area contributed by atoms with Crippen LogP contribution in [0.2, 0.25) is 0 Å². The van der Waals surface area contributed by atoms with Gasteiger partial charge in [-0.2, -0.15) is 0 Å². The van der Waals surface area contributed by atoms with Gasteiger partial charge in [-0.05, 0) is 6.42 Å². The van der Waals surface area contributed by atoms with Crippen LogP contribution >= 0.6 is 0 Å². The lowest BCUT2D eigenvalue weighted by Gasteiger charge is -2.25. The van der Waals surface area contributed by atoms with Gasteiger partial charge >= 0.3 is 5.97 Å². The van der Waals surface area contributed by atoms with Gasteiger partial charge in [-0.1, -0.05) is 39.0 Å². The fraction of sp³-hybridized carbons (Fsp3) is 0.933. The van der Waals surface area contributed by atoms with Crippen molar-refractivity contribution in [3.05, 3.63) is 0 Å². The van der Waals surface area contributed by atoms with E-state index in [1.807, 2.05) is 0 Å². The average molecular weight is 271 g/mol. The van der Waals surface area contributed by atoms with Crippen LogP contribution in [0, 0.1) is 0 Å². The first kappa shape index (κ1) is 16.4. The van der Waals surface area contributed by atoms with Gasteiger partial charge in [0.2, 0.25) is 0 Å². The quantitative estimate of drug-likeness (QED) is 0.452. The van der Waals surface area contributed by atoms with E-state index in [0.29, 0.717) is 13.0 Å². The second kappa shape index (κ2) is 11.2. The summed E-state index contributed by atoms with van der Waals surface area (Å²) in [6.45, 7) is 7.05. The maximum absolute atomic E-state index is 11.5. The molecule has 0 aromatic rings. The molecule has 0 aliphatic carbocycles. The van der Waals surface area contributed by atoms with Crippen LogP contribution in [0.25, 0.3) is 0 Å². The Labute approximate surface area is 117 Å². The number of carbonyl (C=O) groups is 1. The van der Waals surface area contributed by atoms with Crippen molar-refractivity contribution in [3.63, 3.8) is 0 Å². The van der Waals surface area contributed by atoms with E-state index >= 15 is 0 Å². The minimum absolute atomic E-state index is 0.0555. The lowest BCUT2D eigenvalue weighted by molar-refractivity contribution is -0.144. The van der Waals surface area contributed by atoms with Crippen LogP contribution in [0.1, 0.15) is 51.9 Å². The first-order chi connectivity index (χ1) is 9.33. The molecule has 4 nitrogen and oxygen atoms in total. The molecule has 1 saturated heterocycles. The molecule has 0 saturated carbocycles. The molecule has 0 radical (unpaired) electrons. The molecule has 0 N–H and O–H groups in total. The van der Waals surface area contributed by atoms with Gasteiger partial charge in [0, 0.05) is 19.6 Å². The van der Waals surface area contributed by atoms with Crippen molar-refractivity contribution in [1.29, 1.82) is 0 Å². The lowest BCUT2D eigenvalue weighted by Crippen LogP contribution is -2.37. The van der Waals surface area contributed by atoms with Crippen LogP contribution < -0.4 is 0 Å². The van der Waals surface area contributed by atoms with Gasteiger partial charge < -0.3 is 9.47 Å². The van der Waals surface area contributed by atoms with Crippen molar-refractivity contribution in [1.82, 2.24) is 4.90 Å². The van der Waals surface area contributed by atoms with Crippen molar-refractivity contribution < 1.29 is 14.3 Å². The Morgan fingerprint density at radius 2 is 1.79 bits per heavy atom. The monoisotopic (exact) mass is 271 g/mol. The Balaban J connectivity index is 1.87. The van der Waals surface area contributed by atoms with Gasteiger partial charge in [0.05, 0.1) is 26.2 Å². The normalized spacial score (nSPS) is 16.5. The maximum Gasteiger partial charge on any atom is 0.307 e. The summed E-state index contributed by atoms with van der Waals surface area (Å²) in [6, 6.07) is 0. The van der Waals surface area contributed by atoms with E-state index < -0.39 is 0 Å². The van der Waals surface area contributed by atoms with E-state index in [4.69, 9.17) is 9.47 Å². The summed E-state index contributed by atoms with van der Waals surface area (Å²) in [5.74, 6) is -0.0555. The Hall–Kier alpha value is -0.610. The molecule has 0 spiro atoms. The highest BCUT2D eigenvalue weighted by molar-refractivity contribution is 5.69. The summed E-state index contributed by atoms with van der Waals surface area (Å²) >= 11 is 0. The summed E-state index contributed by atoms with van der Waals surface area (Å²) in [7, 11) is 0. The van der Waals surface area contributed by atoms with Gasteiger partial charge in [-0.25, -0.2) is 0 Å². The molecule has 4 heteroatoms. The number of nitrogens with zero attached hydrogens (tertiary/aromatic N) is 1. The molecule has 1 rings (SSSR count). The summed E-state index contributed by atoms with van der Waals surface area (Å²) < 4.78 is 10.5. The van der Waals surface area contributed by atoms with Crippen LogP contribution in [-0.2, 0) is 14.3 Å². The third-order valence-electron chi connectivity index (χ3n) is 3.50. The topological polar surface area (TPSA) is 38.8 Å². The van der Waals surface area contributed by atoms with Crippen molar-refractivity contribution in [2.75, 3.05) is 39.5 Å². The Bertz CT molecular complexity index is 227. The molecule has 0 aromatic carbocycles. The SMILES string of the molecule is CCCCCCCCOC(=O)CCN1CCOCC1. The highest BCUT2D eigenvalue weighted by atomic mass is 16.5.